The van der Waals surface area contributed by atoms with Gasteiger partial charge in [0, 0.05) is 12.6 Å². The summed E-state index contributed by atoms with van der Waals surface area (Å²) >= 11 is 0. The Morgan fingerprint density at radius 3 is 2.95 bits per heavy atom. The van der Waals surface area contributed by atoms with Crippen LogP contribution in [0.2, 0.25) is 0 Å². The minimum atomic E-state index is -0.296. The smallest absolute Gasteiger partial charge is 0.255 e. The second-order valence-electron chi connectivity index (χ2n) is 4.95. The molecule has 0 aromatic heterocycles. The SMILES string of the molecule is COc1ccc(O)c(C(=O)NCC2CCCC2N)c1. The van der Waals surface area contributed by atoms with Crippen molar-refractivity contribution in [3.05, 3.63) is 23.8 Å². The molecule has 1 aliphatic carbocycles. The molecule has 0 radical (unpaired) electrons. The lowest BCUT2D eigenvalue weighted by atomic mass is 10.0. The topological polar surface area (TPSA) is 84.6 Å². The van der Waals surface area contributed by atoms with Crippen molar-refractivity contribution in [1.82, 2.24) is 5.32 Å². The molecule has 1 saturated carbocycles. The fourth-order valence-corrected chi connectivity index (χ4v) is 2.46. The summed E-state index contributed by atoms with van der Waals surface area (Å²) in [5.74, 6) is 0.529. The number of nitrogens with two attached hydrogens (primary N) is 1. The van der Waals surface area contributed by atoms with Crippen LogP contribution >= 0.6 is 0 Å². The highest BCUT2D eigenvalue weighted by Crippen LogP contribution is 2.25. The van der Waals surface area contributed by atoms with Crippen molar-refractivity contribution in [1.29, 1.82) is 0 Å². The molecule has 0 saturated heterocycles. The zero-order valence-corrected chi connectivity index (χ0v) is 11.1. The van der Waals surface area contributed by atoms with Crippen molar-refractivity contribution >= 4 is 5.91 Å². The van der Waals surface area contributed by atoms with Crippen LogP contribution in [0.5, 0.6) is 11.5 Å². The average molecular weight is 264 g/mol. The summed E-state index contributed by atoms with van der Waals surface area (Å²) in [6.45, 7) is 0.552. The molecule has 2 unspecified atom stereocenters. The summed E-state index contributed by atoms with van der Waals surface area (Å²) < 4.78 is 5.04. The van der Waals surface area contributed by atoms with Gasteiger partial charge in [0.1, 0.15) is 11.5 Å². The maximum atomic E-state index is 12.0. The van der Waals surface area contributed by atoms with E-state index in [4.69, 9.17) is 10.5 Å². The minimum Gasteiger partial charge on any atom is -0.507 e. The van der Waals surface area contributed by atoms with E-state index in [1.165, 1.54) is 19.2 Å². The molecule has 1 aromatic rings. The van der Waals surface area contributed by atoms with Crippen LogP contribution < -0.4 is 15.8 Å². The maximum Gasteiger partial charge on any atom is 0.255 e. The van der Waals surface area contributed by atoms with Crippen LogP contribution in [0.15, 0.2) is 18.2 Å². The van der Waals surface area contributed by atoms with Gasteiger partial charge < -0.3 is 20.9 Å². The summed E-state index contributed by atoms with van der Waals surface area (Å²) in [6.07, 6.45) is 3.18. The van der Waals surface area contributed by atoms with E-state index in [9.17, 15) is 9.90 Å². The van der Waals surface area contributed by atoms with Gasteiger partial charge in [0.05, 0.1) is 12.7 Å². The molecule has 1 fully saturated rings. The van der Waals surface area contributed by atoms with E-state index in [-0.39, 0.29) is 23.3 Å². The number of ether oxygens (including phenoxy) is 1. The highest BCUT2D eigenvalue weighted by molar-refractivity contribution is 5.97. The standard InChI is InChI=1S/C14H20N2O3/c1-19-10-5-6-13(17)11(7-10)14(18)16-8-9-3-2-4-12(9)15/h5-7,9,12,17H,2-4,8,15H2,1H3,(H,16,18). The van der Waals surface area contributed by atoms with Crippen LogP contribution in [0.3, 0.4) is 0 Å². The number of phenols is 1. The van der Waals surface area contributed by atoms with E-state index in [2.05, 4.69) is 5.32 Å². The first kappa shape index (κ1) is 13.7. The molecular weight excluding hydrogens is 244 g/mol. The highest BCUT2D eigenvalue weighted by Gasteiger charge is 2.24. The third kappa shape index (κ3) is 3.17. The molecule has 2 rings (SSSR count). The van der Waals surface area contributed by atoms with Gasteiger partial charge in [-0.15, -0.1) is 0 Å². The second kappa shape index (κ2) is 5.93. The number of hydrogen-bond donors (Lipinski definition) is 3. The van der Waals surface area contributed by atoms with Crippen molar-refractivity contribution in [2.45, 2.75) is 25.3 Å². The number of amides is 1. The van der Waals surface area contributed by atoms with Gasteiger partial charge in [-0.1, -0.05) is 6.42 Å². The third-order valence-electron chi connectivity index (χ3n) is 3.69. The van der Waals surface area contributed by atoms with Crippen LogP contribution in [-0.2, 0) is 0 Å². The van der Waals surface area contributed by atoms with E-state index in [0.29, 0.717) is 18.2 Å². The van der Waals surface area contributed by atoms with E-state index in [1.807, 2.05) is 0 Å². The van der Waals surface area contributed by atoms with Gasteiger partial charge in [0.15, 0.2) is 0 Å². The number of rotatable bonds is 4. The molecule has 1 aromatic carbocycles. The van der Waals surface area contributed by atoms with E-state index >= 15 is 0 Å². The van der Waals surface area contributed by atoms with Crippen molar-refractivity contribution in [2.24, 2.45) is 11.7 Å². The number of aromatic hydroxyl groups is 1. The van der Waals surface area contributed by atoms with Crippen molar-refractivity contribution in [3.63, 3.8) is 0 Å². The Hall–Kier alpha value is -1.75. The van der Waals surface area contributed by atoms with E-state index < -0.39 is 0 Å². The Bertz CT molecular complexity index is 462. The maximum absolute atomic E-state index is 12.0. The molecule has 4 N–H and O–H groups in total. The second-order valence-corrected chi connectivity index (χ2v) is 4.95. The number of phenolic OH excluding ortho intramolecular Hbond substituents is 1. The molecule has 0 spiro atoms. The lowest BCUT2D eigenvalue weighted by Gasteiger charge is -2.16. The summed E-state index contributed by atoms with van der Waals surface area (Å²) in [7, 11) is 1.52. The molecule has 19 heavy (non-hydrogen) atoms. The molecule has 1 aliphatic rings. The molecule has 0 heterocycles. The largest absolute Gasteiger partial charge is 0.507 e. The lowest BCUT2D eigenvalue weighted by Crippen LogP contribution is -2.36. The number of hydrogen-bond acceptors (Lipinski definition) is 4. The fourth-order valence-electron chi connectivity index (χ4n) is 2.46. The monoisotopic (exact) mass is 264 g/mol. The van der Waals surface area contributed by atoms with Crippen LogP contribution in [0.25, 0.3) is 0 Å². The van der Waals surface area contributed by atoms with Gasteiger partial charge in [-0.2, -0.15) is 0 Å². The number of nitrogens with one attached hydrogen (secondary N) is 1. The Kier molecular flexibility index (Phi) is 4.27. The predicted octanol–water partition coefficient (Wildman–Crippen LogP) is 1.26. The summed E-state index contributed by atoms with van der Waals surface area (Å²) in [5, 5.41) is 12.5. The summed E-state index contributed by atoms with van der Waals surface area (Å²) in [6, 6.07) is 4.76. The third-order valence-corrected chi connectivity index (χ3v) is 3.69. The molecule has 0 bridgehead atoms. The summed E-state index contributed by atoms with van der Waals surface area (Å²) in [4.78, 5) is 12.0. The van der Waals surface area contributed by atoms with Crippen LogP contribution in [-0.4, -0.2) is 30.7 Å². The quantitative estimate of drug-likeness (QED) is 0.764. The van der Waals surface area contributed by atoms with Crippen LogP contribution in [0.4, 0.5) is 0 Å². The first-order valence-corrected chi connectivity index (χ1v) is 6.52. The van der Waals surface area contributed by atoms with Crippen molar-refractivity contribution in [3.8, 4) is 11.5 Å². The minimum absolute atomic E-state index is 0.0472. The Morgan fingerprint density at radius 2 is 2.32 bits per heavy atom. The van der Waals surface area contributed by atoms with Gasteiger partial charge in [0.25, 0.3) is 5.91 Å². The molecule has 1 amide bonds. The van der Waals surface area contributed by atoms with E-state index in [0.717, 1.165) is 19.3 Å². The Balaban J connectivity index is 1.99. The van der Waals surface area contributed by atoms with Crippen molar-refractivity contribution in [2.75, 3.05) is 13.7 Å². The summed E-state index contributed by atoms with van der Waals surface area (Å²) in [5.41, 5.74) is 6.19. The predicted molar refractivity (Wildman–Crippen MR) is 72.3 cm³/mol. The molecule has 5 nitrogen and oxygen atoms in total. The van der Waals surface area contributed by atoms with Gasteiger partial charge in [-0.25, -0.2) is 0 Å². The number of benzene rings is 1. The zero-order chi connectivity index (χ0) is 13.8. The van der Waals surface area contributed by atoms with Gasteiger partial charge in [0.2, 0.25) is 0 Å². The first-order chi connectivity index (χ1) is 9.11. The van der Waals surface area contributed by atoms with Crippen LogP contribution in [0, 0.1) is 5.92 Å². The first-order valence-electron chi connectivity index (χ1n) is 6.52. The molecule has 104 valence electrons. The van der Waals surface area contributed by atoms with E-state index in [1.54, 1.807) is 6.07 Å². The lowest BCUT2D eigenvalue weighted by molar-refractivity contribution is 0.0943. The molecular formula is C14H20N2O3. The molecule has 0 aliphatic heterocycles. The van der Waals surface area contributed by atoms with Gasteiger partial charge >= 0.3 is 0 Å². The number of carbonyl (C=O) groups excluding carboxylic acids is 1. The number of carbonyl (C=O) groups is 1. The Morgan fingerprint density at radius 1 is 1.53 bits per heavy atom. The normalized spacial score (nSPS) is 22.2. The average Bonchev–Trinajstić information content (AvgIpc) is 2.82. The number of methoxy groups -OCH3 is 1. The Labute approximate surface area is 112 Å². The van der Waals surface area contributed by atoms with Crippen molar-refractivity contribution < 1.29 is 14.6 Å². The fraction of sp³-hybridized carbons (Fsp3) is 0.500. The highest BCUT2D eigenvalue weighted by atomic mass is 16.5. The molecule has 5 heteroatoms. The molecule has 2 atom stereocenters. The van der Waals surface area contributed by atoms with Crippen LogP contribution in [0.1, 0.15) is 29.6 Å². The van der Waals surface area contributed by atoms with Gasteiger partial charge in [-0.05, 0) is 37.0 Å². The van der Waals surface area contributed by atoms with Gasteiger partial charge in [-0.3, -0.25) is 4.79 Å². The zero-order valence-electron chi connectivity index (χ0n) is 11.1.